The van der Waals surface area contributed by atoms with Crippen LogP contribution in [0.25, 0.3) is 0 Å². The Bertz CT molecular complexity index is 617. The predicted octanol–water partition coefficient (Wildman–Crippen LogP) is 4.57. The summed E-state index contributed by atoms with van der Waals surface area (Å²) in [5.74, 6) is 3.52. The second-order valence-electron chi connectivity index (χ2n) is 11.1. The molecule has 1 saturated heterocycles. The quantitative estimate of drug-likeness (QED) is 0.734. The van der Waals surface area contributed by atoms with E-state index in [1.165, 1.54) is 38.5 Å². The van der Waals surface area contributed by atoms with Crippen LogP contribution in [0.4, 0.5) is 0 Å². The first-order valence-corrected chi connectivity index (χ1v) is 11.2. The molecule has 146 valence electrons. The van der Waals surface area contributed by atoms with Crippen molar-refractivity contribution >= 4 is 5.97 Å². The molecule has 0 aromatic rings. The summed E-state index contributed by atoms with van der Waals surface area (Å²) in [5.41, 5.74) is 0.390. The Balaban J connectivity index is 1.48. The standard InChI is InChI=1S/C23H36O3/c1-14(13-24)17-4-5-18-16-7-11-23-12-15(26-20(23)25)6-10-22(23,3)19(16)8-9-21(17,18)2/h14-19,24H,4-13H2,1-3H3/t14-,15+,16+,17-,18+,19+,21-,22-,23-/m1/s1. The second-order valence-corrected chi connectivity index (χ2v) is 11.1. The molecule has 0 aromatic heterocycles. The molecular weight excluding hydrogens is 324 g/mol. The number of fused-ring (bicyclic) bond motifs is 5. The van der Waals surface area contributed by atoms with Gasteiger partial charge in [-0.1, -0.05) is 20.8 Å². The Morgan fingerprint density at radius 1 is 1.08 bits per heavy atom. The highest BCUT2D eigenvalue weighted by Gasteiger charge is 2.70. The second kappa shape index (κ2) is 5.49. The normalized spacial score (nSPS) is 56.3. The van der Waals surface area contributed by atoms with E-state index in [2.05, 4.69) is 20.8 Å². The number of rotatable bonds is 2. The van der Waals surface area contributed by atoms with Gasteiger partial charge < -0.3 is 9.84 Å². The fourth-order valence-electron chi connectivity index (χ4n) is 9.13. The zero-order valence-electron chi connectivity index (χ0n) is 16.8. The molecule has 0 radical (unpaired) electrons. The summed E-state index contributed by atoms with van der Waals surface area (Å²) in [6.07, 6.45) is 11.0. The van der Waals surface area contributed by atoms with Gasteiger partial charge in [0.1, 0.15) is 6.10 Å². The maximum Gasteiger partial charge on any atom is 0.313 e. The lowest BCUT2D eigenvalue weighted by molar-refractivity contribution is -0.173. The number of hydrogen-bond donors (Lipinski definition) is 1. The summed E-state index contributed by atoms with van der Waals surface area (Å²) in [4.78, 5) is 12.9. The monoisotopic (exact) mass is 360 g/mol. The maximum atomic E-state index is 12.9. The lowest BCUT2D eigenvalue weighted by atomic mass is 9.40. The van der Waals surface area contributed by atoms with Crippen LogP contribution in [0, 0.1) is 45.8 Å². The average Bonchev–Trinajstić information content (AvgIpc) is 3.11. The molecule has 0 unspecified atom stereocenters. The first-order chi connectivity index (χ1) is 12.4. The summed E-state index contributed by atoms with van der Waals surface area (Å²) >= 11 is 0. The molecule has 5 fully saturated rings. The minimum atomic E-state index is -0.165. The van der Waals surface area contributed by atoms with Crippen LogP contribution >= 0.6 is 0 Å². The van der Waals surface area contributed by atoms with E-state index < -0.39 is 0 Å². The summed E-state index contributed by atoms with van der Waals surface area (Å²) in [5, 5.41) is 9.78. The molecule has 1 aliphatic heterocycles. The minimum absolute atomic E-state index is 0.146. The van der Waals surface area contributed by atoms with Crippen molar-refractivity contribution < 1.29 is 14.6 Å². The SMILES string of the molecule is C[C@H](CO)[C@H]1CC[C@H]2[C@@H]3CC[C@]45C[C@H](CC[C@]4(C)[C@H]3CC[C@]12C)OC5=O. The molecule has 3 heteroatoms. The van der Waals surface area contributed by atoms with Crippen molar-refractivity contribution in [2.45, 2.75) is 84.7 Å². The molecular formula is C23H36O3. The number of hydrogen-bond acceptors (Lipinski definition) is 3. The third kappa shape index (κ3) is 1.92. The smallest absolute Gasteiger partial charge is 0.313 e. The molecule has 1 spiro atoms. The van der Waals surface area contributed by atoms with Crippen molar-refractivity contribution in [2.24, 2.45) is 45.8 Å². The highest BCUT2D eigenvalue weighted by molar-refractivity contribution is 5.81. The van der Waals surface area contributed by atoms with E-state index >= 15 is 0 Å². The summed E-state index contributed by atoms with van der Waals surface area (Å²) in [6, 6.07) is 0. The van der Waals surface area contributed by atoms with Gasteiger partial charge in [-0.2, -0.15) is 0 Å². The Labute approximate surface area is 158 Å². The van der Waals surface area contributed by atoms with Gasteiger partial charge >= 0.3 is 5.97 Å². The fraction of sp³-hybridized carbons (Fsp3) is 0.957. The first kappa shape index (κ1) is 17.5. The van der Waals surface area contributed by atoms with Crippen LogP contribution in [-0.2, 0) is 9.53 Å². The molecule has 2 bridgehead atoms. The summed E-state index contributed by atoms with van der Waals surface area (Å²) in [7, 11) is 0. The van der Waals surface area contributed by atoms with Crippen molar-refractivity contribution in [3.8, 4) is 0 Å². The molecule has 1 heterocycles. The molecule has 0 aromatic carbocycles. The lowest BCUT2D eigenvalue weighted by Crippen LogP contribution is -2.59. The average molecular weight is 361 g/mol. The largest absolute Gasteiger partial charge is 0.462 e. The fourth-order valence-corrected chi connectivity index (χ4v) is 9.13. The molecule has 4 aliphatic carbocycles. The maximum absolute atomic E-state index is 12.9. The van der Waals surface area contributed by atoms with Crippen LogP contribution in [0.15, 0.2) is 0 Å². The lowest BCUT2D eigenvalue weighted by Gasteiger charge is -2.62. The van der Waals surface area contributed by atoms with Gasteiger partial charge in [0.25, 0.3) is 0 Å². The molecule has 9 atom stereocenters. The highest BCUT2D eigenvalue weighted by atomic mass is 16.6. The van der Waals surface area contributed by atoms with Crippen molar-refractivity contribution in [2.75, 3.05) is 6.61 Å². The van der Waals surface area contributed by atoms with Crippen LogP contribution in [-0.4, -0.2) is 23.8 Å². The van der Waals surface area contributed by atoms with Crippen LogP contribution in [0.5, 0.6) is 0 Å². The van der Waals surface area contributed by atoms with Gasteiger partial charge in [-0.25, -0.2) is 0 Å². The number of ether oxygens (including phenoxy) is 1. The van der Waals surface area contributed by atoms with Crippen LogP contribution < -0.4 is 0 Å². The number of carbonyl (C=O) groups is 1. The van der Waals surface area contributed by atoms with Crippen molar-refractivity contribution in [3.63, 3.8) is 0 Å². The highest BCUT2D eigenvalue weighted by Crippen LogP contribution is 2.72. The molecule has 0 amide bonds. The van der Waals surface area contributed by atoms with Crippen LogP contribution in [0.1, 0.15) is 78.6 Å². The molecule has 4 saturated carbocycles. The van der Waals surface area contributed by atoms with Crippen molar-refractivity contribution in [1.82, 2.24) is 0 Å². The zero-order valence-corrected chi connectivity index (χ0v) is 16.8. The van der Waals surface area contributed by atoms with Gasteiger partial charge in [0.2, 0.25) is 0 Å². The van der Waals surface area contributed by atoms with E-state index in [0.29, 0.717) is 29.8 Å². The Hall–Kier alpha value is -0.570. The topological polar surface area (TPSA) is 46.5 Å². The minimum Gasteiger partial charge on any atom is -0.462 e. The molecule has 26 heavy (non-hydrogen) atoms. The van der Waals surface area contributed by atoms with E-state index in [9.17, 15) is 9.90 Å². The van der Waals surface area contributed by atoms with E-state index in [4.69, 9.17) is 4.74 Å². The Kier molecular flexibility index (Phi) is 3.70. The predicted molar refractivity (Wildman–Crippen MR) is 100 cm³/mol. The molecule has 5 aliphatic rings. The molecule has 3 nitrogen and oxygen atoms in total. The molecule has 5 rings (SSSR count). The molecule has 1 N–H and O–H groups in total. The van der Waals surface area contributed by atoms with Crippen LogP contribution in [0.3, 0.4) is 0 Å². The number of esters is 1. The summed E-state index contributed by atoms with van der Waals surface area (Å²) in [6.45, 7) is 7.57. The Morgan fingerprint density at radius 2 is 1.88 bits per heavy atom. The van der Waals surface area contributed by atoms with Crippen LogP contribution in [0.2, 0.25) is 0 Å². The van der Waals surface area contributed by atoms with Gasteiger partial charge in [-0.05, 0) is 91.8 Å². The van der Waals surface area contributed by atoms with Gasteiger partial charge in [0, 0.05) is 13.0 Å². The third-order valence-electron chi connectivity index (χ3n) is 10.5. The van der Waals surface area contributed by atoms with E-state index in [1.54, 1.807) is 0 Å². The van der Waals surface area contributed by atoms with Gasteiger partial charge in [-0.15, -0.1) is 0 Å². The van der Waals surface area contributed by atoms with Gasteiger partial charge in [0.15, 0.2) is 0 Å². The third-order valence-corrected chi connectivity index (χ3v) is 10.5. The van der Waals surface area contributed by atoms with E-state index in [1.807, 2.05) is 0 Å². The van der Waals surface area contributed by atoms with Gasteiger partial charge in [-0.3, -0.25) is 4.79 Å². The summed E-state index contributed by atoms with van der Waals surface area (Å²) < 4.78 is 5.79. The van der Waals surface area contributed by atoms with E-state index in [0.717, 1.165) is 31.1 Å². The van der Waals surface area contributed by atoms with Crippen molar-refractivity contribution in [3.05, 3.63) is 0 Å². The number of aliphatic hydroxyl groups is 1. The number of aliphatic hydroxyl groups excluding tert-OH is 1. The number of carbonyl (C=O) groups excluding carboxylic acids is 1. The Morgan fingerprint density at radius 3 is 2.65 bits per heavy atom. The first-order valence-electron chi connectivity index (χ1n) is 11.2. The van der Waals surface area contributed by atoms with E-state index in [-0.39, 0.29) is 22.9 Å². The van der Waals surface area contributed by atoms with Crippen molar-refractivity contribution in [1.29, 1.82) is 0 Å². The zero-order chi connectivity index (χ0) is 18.3. The van der Waals surface area contributed by atoms with Gasteiger partial charge in [0.05, 0.1) is 5.41 Å².